The van der Waals surface area contributed by atoms with Gasteiger partial charge in [-0.1, -0.05) is 51.1 Å². The van der Waals surface area contributed by atoms with Crippen molar-refractivity contribution in [1.29, 1.82) is 0 Å². The molecule has 0 aromatic heterocycles. The molecule has 0 aliphatic heterocycles. The van der Waals surface area contributed by atoms with Crippen LogP contribution >= 0.6 is 0 Å². The van der Waals surface area contributed by atoms with E-state index >= 15 is 0 Å². The van der Waals surface area contributed by atoms with Crippen LogP contribution < -0.4 is 5.32 Å². The van der Waals surface area contributed by atoms with Crippen LogP contribution in [0.4, 0.5) is 0 Å². The van der Waals surface area contributed by atoms with Gasteiger partial charge in [0.2, 0.25) is 5.91 Å². The van der Waals surface area contributed by atoms with Crippen LogP contribution in [0.5, 0.6) is 0 Å². The Morgan fingerprint density at radius 3 is 2.54 bits per heavy atom. The van der Waals surface area contributed by atoms with Crippen molar-refractivity contribution < 1.29 is 29.3 Å². The highest BCUT2D eigenvalue weighted by Gasteiger charge is 2.65. The number of amides is 1. The summed E-state index contributed by atoms with van der Waals surface area (Å²) in [4.78, 5) is 37.7. The van der Waals surface area contributed by atoms with Crippen LogP contribution in [0.2, 0.25) is 0 Å². The number of methoxy groups -OCH3 is 1. The van der Waals surface area contributed by atoms with Crippen molar-refractivity contribution in [3.63, 3.8) is 0 Å². The molecule has 11 atom stereocenters. The number of ketones is 1. The van der Waals surface area contributed by atoms with E-state index in [1.165, 1.54) is 7.11 Å². The zero-order valence-electron chi connectivity index (χ0n) is 25.2. The van der Waals surface area contributed by atoms with Crippen LogP contribution in [0, 0.1) is 46.3 Å². The van der Waals surface area contributed by atoms with Gasteiger partial charge < -0.3 is 20.3 Å². The van der Waals surface area contributed by atoms with Crippen molar-refractivity contribution in [2.24, 2.45) is 46.3 Å². The minimum atomic E-state index is -0.733. The Morgan fingerprint density at radius 2 is 1.83 bits per heavy atom. The van der Waals surface area contributed by atoms with Crippen LogP contribution in [0.15, 0.2) is 30.3 Å². The number of carbonyl (C=O) groups excluding carboxylic acids is 3. The first kappa shape index (κ1) is 30.2. The number of Topliss-reactive ketones (excluding diaryl/α,β-unsaturated/α-hetero) is 1. The van der Waals surface area contributed by atoms with E-state index in [2.05, 4.69) is 26.1 Å². The summed E-state index contributed by atoms with van der Waals surface area (Å²) < 4.78 is 4.96. The number of benzene rings is 1. The number of hydrogen-bond acceptors (Lipinski definition) is 6. The van der Waals surface area contributed by atoms with Gasteiger partial charge in [-0.25, -0.2) is 4.79 Å². The Labute approximate surface area is 244 Å². The molecule has 0 radical (unpaired) electrons. The monoisotopic (exact) mass is 567 g/mol. The molecular weight excluding hydrogens is 518 g/mol. The number of rotatable bonds is 8. The number of nitrogens with one attached hydrogen (secondary N) is 1. The maximum atomic E-state index is 13.0. The fourth-order valence-electron chi connectivity index (χ4n) is 9.96. The summed E-state index contributed by atoms with van der Waals surface area (Å²) in [6, 6.07) is 8.86. The Bertz CT molecular complexity index is 1120. The van der Waals surface area contributed by atoms with E-state index in [0.717, 1.165) is 24.8 Å². The Morgan fingerprint density at radius 1 is 1.10 bits per heavy atom. The molecule has 0 saturated heterocycles. The van der Waals surface area contributed by atoms with Crippen molar-refractivity contribution in [2.75, 3.05) is 7.11 Å². The van der Waals surface area contributed by atoms with Crippen LogP contribution in [-0.2, 0) is 25.5 Å². The van der Waals surface area contributed by atoms with Crippen molar-refractivity contribution in [2.45, 2.75) is 103 Å². The average Bonchev–Trinajstić information content (AvgIpc) is 3.31. The molecule has 226 valence electrons. The molecular formula is C34H49NO6. The van der Waals surface area contributed by atoms with Gasteiger partial charge in [0.25, 0.3) is 0 Å². The molecule has 0 unspecified atom stereocenters. The van der Waals surface area contributed by atoms with E-state index in [-0.39, 0.29) is 52.2 Å². The summed E-state index contributed by atoms with van der Waals surface area (Å²) >= 11 is 0. The smallest absolute Gasteiger partial charge is 0.328 e. The van der Waals surface area contributed by atoms with Gasteiger partial charge >= 0.3 is 5.97 Å². The van der Waals surface area contributed by atoms with Crippen LogP contribution in [0.3, 0.4) is 0 Å². The van der Waals surface area contributed by atoms with E-state index in [0.29, 0.717) is 50.7 Å². The first-order valence-electron chi connectivity index (χ1n) is 15.8. The predicted molar refractivity (Wildman–Crippen MR) is 155 cm³/mol. The van der Waals surface area contributed by atoms with Crippen molar-refractivity contribution in [1.82, 2.24) is 5.32 Å². The molecule has 4 saturated carbocycles. The molecule has 1 aromatic carbocycles. The van der Waals surface area contributed by atoms with E-state index < -0.39 is 24.2 Å². The standard InChI is InChI=1S/C34H49NO6/c1-20(10-13-30(39)35-27(32(40)41-4)16-21-8-6-5-7-9-21)24-11-12-25-31-26(19-29(38)34(24,25)3)33(2)15-14-23(36)17-22(33)18-28(31)37/h5-9,20,22,24-29,31,37-38H,10-19H2,1-4H3,(H,35,39)/t20-,22+,24-,25+,26+,27+,28-,29+,31+,33+,34-/m1/s1. The van der Waals surface area contributed by atoms with Crippen molar-refractivity contribution in [3.8, 4) is 0 Å². The first-order chi connectivity index (χ1) is 19.5. The molecule has 5 rings (SSSR count). The molecule has 0 heterocycles. The molecule has 1 amide bonds. The number of fused-ring (bicyclic) bond motifs is 5. The number of esters is 1. The van der Waals surface area contributed by atoms with Crippen molar-refractivity contribution in [3.05, 3.63) is 35.9 Å². The highest BCUT2D eigenvalue weighted by Crippen LogP contribution is 2.68. The zero-order valence-corrected chi connectivity index (χ0v) is 25.2. The fraction of sp³-hybridized carbons (Fsp3) is 0.735. The van der Waals surface area contributed by atoms with Gasteiger partial charge in [0, 0.05) is 25.7 Å². The first-order valence-corrected chi connectivity index (χ1v) is 15.8. The molecule has 4 fully saturated rings. The highest BCUT2D eigenvalue weighted by atomic mass is 16.5. The summed E-state index contributed by atoms with van der Waals surface area (Å²) in [5.41, 5.74) is 0.641. The number of ether oxygens (including phenoxy) is 1. The molecule has 0 spiro atoms. The Hall–Kier alpha value is -2.25. The normalized spacial score (nSPS) is 39.6. The minimum Gasteiger partial charge on any atom is -0.467 e. The lowest BCUT2D eigenvalue weighted by Crippen LogP contribution is -2.62. The lowest BCUT2D eigenvalue weighted by molar-refractivity contribution is -0.201. The summed E-state index contributed by atoms with van der Waals surface area (Å²) in [5.74, 6) is 0.989. The zero-order chi connectivity index (χ0) is 29.5. The molecule has 41 heavy (non-hydrogen) atoms. The lowest BCUT2D eigenvalue weighted by Gasteiger charge is -2.63. The SMILES string of the molecule is COC(=O)[C@H](Cc1ccccc1)NC(=O)CC[C@@H](C)[C@H]1CC[C@H]2[C@@H]3[C@H](O)C[C@@H]4CC(=O)CC[C@]4(C)[C@H]3C[C@H](O)[C@]12C. The minimum absolute atomic E-state index is 0.00215. The van der Waals surface area contributed by atoms with Crippen LogP contribution in [-0.4, -0.2) is 53.2 Å². The molecule has 4 aliphatic rings. The van der Waals surface area contributed by atoms with Gasteiger partial charge in [-0.2, -0.15) is 0 Å². The summed E-state index contributed by atoms with van der Waals surface area (Å²) in [6.07, 6.45) is 5.84. The third-order valence-electron chi connectivity index (χ3n) is 12.3. The highest BCUT2D eigenvalue weighted by molar-refractivity contribution is 5.84. The van der Waals surface area contributed by atoms with Gasteiger partial charge in [-0.3, -0.25) is 9.59 Å². The van der Waals surface area contributed by atoms with Gasteiger partial charge in [0.05, 0.1) is 19.3 Å². The second kappa shape index (κ2) is 11.8. The molecule has 7 heteroatoms. The fourth-order valence-corrected chi connectivity index (χ4v) is 9.96. The quantitative estimate of drug-likeness (QED) is 0.400. The van der Waals surface area contributed by atoms with Gasteiger partial charge in [0.1, 0.15) is 11.8 Å². The van der Waals surface area contributed by atoms with E-state index in [4.69, 9.17) is 4.74 Å². The van der Waals surface area contributed by atoms with E-state index in [9.17, 15) is 24.6 Å². The Balaban J connectivity index is 1.24. The number of hydrogen-bond donors (Lipinski definition) is 3. The molecule has 1 aromatic rings. The number of aliphatic hydroxyl groups is 2. The summed E-state index contributed by atoms with van der Waals surface area (Å²) in [5, 5.41) is 26.1. The topological polar surface area (TPSA) is 113 Å². The van der Waals surface area contributed by atoms with Crippen molar-refractivity contribution >= 4 is 17.7 Å². The van der Waals surface area contributed by atoms with E-state index in [1.807, 2.05) is 30.3 Å². The maximum Gasteiger partial charge on any atom is 0.328 e. The molecule has 3 N–H and O–H groups in total. The third kappa shape index (κ3) is 5.49. The average molecular weight is 568 g/mol. The summed E-state index contributed by atoms with van der Waals surface area (Å²) in [6.45, 7) is 6.73. The third-order valence-corrected chi connectivity index (χ3v) is 12.3. The lowest BCUT2D eigenvalue weighted by atomic mass is 9.43. The predicted octanol–water partition coefficient (Wildman–Crippen LogP) is 4.47. The van der Waals surface area contributed by atoms with Gasteiger partial charge in [-0.05, 0) is 90.4 Å². The van der Waals surface area contributed by atoms with Crippen LogP contribution in [0.1, 0.15) is 84.1 Å². The van der Waals surface area contributed by atoms with Crippen LogP contribution in [0.25, 0.3) is 0 Å². The number of carbonyl (C=O) groups is 3. The van der Waals surface area contributed by atoms with E-state index in [1.54, 1.807) is 0 Å². The maximum absolute atomic E-state index is 13.0. The molecule has 7 nitrogen and oxygen atoms in total. The van der Waals surface area contributed by atoms with Gasteiger partial charge in [-0.15, -0.1) is 0 Å². The largest absolute Gasteiger partial charge is 0.467 e. The number of aliphatic hydroxyl groups excluding tert-OH is 2. The molecule has 0 bridgehead atoms. The Kier molecular flexibility index (Phi) is 8.69. The van der Waals surface area contributed by atoms with Gasteiger partial charge in [0.15, 0.2) is 0 Å². The second-order valence-electron chi connectivity index (χ2n) is 14.2. The molecule has 4 aliphatic carbocycles. The second-order valence-corrected chi connectivity index (χ2v) is 14.2. The summed E-state index contributed by atoms with van der Waals surface area (Å²) in [7, 11) is 1.34.